The first-order valence-electron chi connectivity index (χ1n) is 5.60. The smallest absolute Gasteiger partial charge is 0.0811 e. The molecule has 0 amide bonds. The van der Waals surface area contributed by atoms with E-state index in [0.29, 0.717) is 0 Å². The third kappa shape index (κ3) is 3.54. The standard InChI is InChI=1S/C12H10Br4S3/c1-3-5-7(13)11(17-9(5)15)19-12-8(14)6(4-2)10(16)18-12/h3-4H2,1-2H3. The molecule has 2 aromatic heterocycles. The largest absolute Gasteiger partial charge is 0.120 e. The Morgan fingerprint density at radius 1 is 0.789 bits per heavy atom. The van der Waals surface area contributed by atoms with Gasteiger partial charge in [-0.05, 0) is 87.7 Å². The van der Waals surface area contributed by atoms with Crippen molar-refractivity contribution in [3.63, 3.8) is 0 Å². The second-order valence-corrected chi connectivity index (χ2v) is 11.5. The van der Waals surface area contributed by atoms with Gasteiger partial charge < -0.3 is 0 Å². The highest BCUT2D eigenvalue weighted by molar-refractivity contribution is 9.12. The molecule has 2 aromatic rings. The second-order valence-electron chi connectivity index (χ2n) is 3.72. The van der Waals surface area contributed by atoms with Crippen molar-refractivity contribution < 1.29 is 0 Å². The van der Waals surface area contributed by atoms with E-state index in [1.54, 1.807) is 22.7 Å². The quantitative estimate of drug-likeness (QED) is 0.358. The SMILES string of the molecule is CCc1c(Br)sc(Sc2sc(Br)c(CC)c2Br)c1Br. The lowest BCUT2D eigenvalue weighted by Gasteiger charge is -1.99. The van der Waals surface area contributed by atoms with Gasteiger partial charge in [-0.2, -0.15) is 0 Å². The average molecular weight is 570 g/mol. The van der Waals surface area contributed by atoms with Crippen LogP contribution < -0.4 is 0 Å². The fraction of sp³-hybridized carbons (Fsp3) is 0.333. The van der Waals surface area contributed by atoms with Gasteiger partial charge in [0.25, 0.3) is 0 Å². The van der Waals surface area contributed by atoms with Crippen molar-refractivity contribution in [2.24, 2.45) is 0 Å². The van der Waals surface area contributed by atoms with Gasteiger partial charge >= 0.3 is 0 Å². The maximum atomic E-state index is 3.72. The van der Waals surface area contributed by atoms with Gasteiger partial charge in [0.1, 0.15) is 0 Å². The Morgan fingerprint density at radius 3 is 1.42 bits per heavy atom. The Labute approximate surface area is 159 Å². The molecule has 0 saturated heterocycles. The maximum Gasteiger partial charge on any atom is 0.0811 e. The van der Waals surface area contributed by atoms with Crippen molar-refractivity contribution in [3.05, 3.63) is 27.6 Å². The topological polar surface area (TPSA) is 0 Å². The molecule has 0 bridgehead atoms. The zero-order chi connectivity index (χ0) is 14.2. The minimum Gasteiger partial charge on any atom is -0.120 e. The zero-order valence-electron chi connectivity index (χ0n) is 10.2. The Morgan fingerprint density at radius 2 is 1.16 bits per heavy atom. The van der Waals surface area contributed by atoms with Crippen LogP contribution in [0.25, 0.3) is 0 Å². The van der Waals surface area contributed by atoms with Crippen LogP contribution in [-0.4, -0.2) is 0 Å². The van der Waals surface area contributed by atoms with Crippen molar-refractivity contribution in [3.8, 4) is 0 Å². The van der Waals surface area contributed by atoms with E-state index < -0.39 is 0 Å². The normalized spacial score (nSPS) is 11.3. The van der Waals surface area contributed by atoms with E-state index in [0.717, 1.165) is 12.8 Å². The average Bonchev–Trinajstić information content (AvgIpc) is 2.78. The molecular weight excluding hydrogens is 560 g/mol. The van der Waals surface area contributed by atoms with Crippen molar-refractivity contribution in [2.75, 3.05) is 0 Å². The van der Waals surface area contributed by atoms with E-state index in [-0.39, 0.29) is 0 Å². The fourth-order valence-electron chi connectivity index (χ4n) is 1.60. The molecule has 2 rings (SSSR count). The third-order valence-electron chi connectivity index (χ3n) is 2.62. The maximum absolute atomic E-state index is 3.72. The molecule has 19 heavy (non-hydrogen) atoms. The molecule has 0 nitrogen and oxygen atoms in total. The lowest BCUT2D eigenvalue weighted by atomic mass is 10.3. The van der Waals surface area contributed by atoms with Crippen molar-refractivity contribution >= 4 is 98.2 Å². The minimum atomic E-state index is 1.04. The number of rotatable bonds is 4. The van der Waals surface area contributed by atoms with Crippen molar-refractivity contribution in [2.45, 2.75) is 35.1 Å². The van der Waals surface area contributed by atoms with E-state index >= 15 is 0 Å². The predicted molar refractivity (Wildman–Crippen MR) is 102 cm³/mol. The van der Waals surface area contributed by atoms with E-state index in [1.807, 2.05) is 11.8 Å². The van der Waals surface area contributed by atoms with Crippen LogP contribution in [0.5, 0.6) is 0 Å². The Kier molecular flexibility index (Phi) is 6.53. The Hall–Kier alpha value is 1.67. The number of hydrogen-bond acceptors (Lipinski definition) is 3. The fourth-order valence-corrected chi connectivity index (χ4v) is 10.5. The molecular formula is C12H10Br4S3. The summed E-state index contributed by atoms with van der Waals surface area (Å²) >= 11 is 20.2. The number of halogens is 4. The van der Waals surface area contributed by atoms with E-state index in [2.05, 4.69) is 77.6 Å². The molecule has 0 unspecified atom stereocenters. The summed E-state index contributed by atoms with van der Waals surface area (Å²) < 4.78 is 7.53. The summed E-state index contributed by atoms with van der Waals surface area (Å²) in [5, 5.41) is 0. The zero-order valence-corrected chi connectivity index (χ0v) is 18.9. The van der Waals surface area contributed by atoms with Gasteiger partial charge in [-0.1, -0.05) is 25.6 Å². The molecule has 0 saturated carbocycles. The molecule has 0 N–H and O–H groups in total. The lowest BCUT2D eigenvalue weighted by molar-refractivity contribution is 1.12. The molecule has 7 heteroatoms. The molecule has 0 spiro atoms. The van der Waals surface area contributed by atoms with Crippen molar-refractivity contribution in [1.82, 2.24) is 0 Å². The van der Waals surface area contributed by atoms with Crippen LogP contribution in [-0.2, 0) is 12.8 Å². The van der Waals surface area contributed by atoms with E-state index in [4.69, 9.17) is 0 Å². The molecule has 0 atom stereocenters. The van der Waals surface area contributed by atoms with Gasteiger partial charge in [-0.3, -0.25) is 0 Å². The molecule has 0 fully saturated rings. The lowest BCUT2D eigenvalue weighted by Crippen LogP contribution is -1.78. The van der Waals surface area contributed by atoms with E-state index in [9.17, 15) is 0 Å². The first-order valence-corrected chi connectivity index (χ1v) is 11.2. The number of hydrogen-bond donors (Lipinski definition) is 0. The van der Waals surface area contributed by atoms with Crippen LogP contribution in [0.1, 0.15) is 25.0 Å². The van der Waals surface area contributed by atoms with Gasteiger partial charge in [0.2, 0.25) is 0 Å². The van der Waals surface area contributed by atoms with Gasteiger partial charge in [0, 0.05) is 8.95 Å². The first kappa shape index (κ1) is 17.0. The number of thiophene rings is 2. The summed E-state index contributed by atoms with van der Waals surface area (Å²) in [7, 11) is 0. The van der Waals surface area contributed by atoms with Crippen LogP contribution in [0, 0.1) is 0 Å². The highest BCUT2D eigenvalue weighted by Gasteiger charge is 2.19. The summed E-state index contributed by atoms with van der Waals surface area (Å²) in [6, 6.07) is 0. The molecule has 0 aromatic carbocycles. The highest BCUT2D eigenvalue weighted by Crippen LogP contribution is 2.51. The molecule has 0 aliphatic carbocycles. The van der Waals surface area contributed by atoms with Crippen LogP contribution in [0.15, 0.2) is 24.9 Å². The predicted octanol–water partition coefficient (Wildman–Crippen LogP) is 8.14. The van der Waals surface area contributed by atoms with Gasteiger partial charge in [0.15, 0.2) is 0 Å². The summed E-state index contributed by atoms with van der Waals surface area (Å²) in [6.07, 6.45) is 2.07. The van der Waals surface area contributed by atoms with Crippen molar-refractivity contribution in [1.29, 1.82) is 0 Å². The van der Waals surface area contributed by atoms with Gasteiger partial charge in [0.05, 0.1) is 16.0 Å². The first-order chi connectivity index (χ1) is 8.99. The second kappa shape index (κ2) is 7.29. The molecule has 104 valence electrons. The third-order valence-corrected chi connectivity index (χ3v) is 10.8. The summed E-state index contributed by atoms with van der Waals surface area (Å²) in [6.45, 7) is 4.36. The van der Waals surface area contributed by atoms with Gasteiger partial charge in [-0.25, -0.2) is 0 Å². The molecule has 0 radical (unpaired) electrons. The van der Waals surface area contributed by atoms with E-state index in [1.165, 1.54) is 36.1 Å². The highest BCUT2D eigenvalue weighted by atomic mass is 79.9. The van der Waals surface area contributed by atoms with Gasteiger partial charge in [-0.15, -0.1) is 22.7 Å². The molecule has 0 aliphatic heterocycles. The van der Waals surface area contributed by atoms with Crippen LogP contribution >= 0.6 is 98.2 Å². The summed E-state index contributed by atoms with van der Waals surface area (Å²) in [5.74, 6) is 0. The Balaban J connectivity index is 2.37. The molecule has 2 heterocycles. The van der Waals surface area contributed by atoms with Crippen LogP contribution in [0.4, 0.5) is 0 Å². The molecule has 0 aliphatic rings. The summed E-state index contributed by atoms with van der Waals surface area (Å²) in [4.78, 5) is 0. The van der Waals surface area contributed by atoms with Crippen LogP contribution in [0.3, 0.4) is 0 Å². The summed E-state index contributed by atoms with van der Waals surface area (Å²) in [5.41, 5.74) is 2.71. The Bertz CT molecular complexity index is 548. The minimum absolute atomic E-state index is 1.04. The van der Waals surface area contributed by atoms with Crippen LogP contribution in [0.2, 0.25) is 0 Å². The monoisotopic (exact) mass is 566 g/mol.